The van der Waals surface area contributed by atoms with E-state index in [0.29, 0.717) is 0 Å². The quantitative estimate of drug-likeness (QED) is 0.563. The van der Waals surface area contributed by atoms with E-state index in [9.17, 15) is 4.39 Å². The number of nitrogens with zero attached hydrogens (tertiary/aromatic N) is 2. The molecule has 0 N–H and O–H groups in total. The van der Waals surface area contributed by atoms with Crippen LogP contribution in [0.5, 0.6) is 0 Å². The molecule has 0 spiro atoms. The maximum Gasteiger partial charge on any atom is 0.125 e. The molecular weight excluding hydrogens is 339 g/mol. The largest absolute Gasteiger partial charge is 0.256 e. The van der Waals surface area contributed by atoms with Crippen molar-refractivity contribution in [3.8, 4) is 0 Å². The molecule has 0 aliphatic carbocycles. The van der Waals surface area contributed by atoms with Crippen LogP contribution in [0.15, 0.2) is 70.5 Å². The fraction of sp³-hybridized carbons (Fsp3) is 0.105. The highest BCUT2D eigenvalue weighted by molar-refractivity contribution is 7.10. The Morgan fingerprint density at radius 1 is 1.04 bits per heavy atom. The Labute approximate surface area is 148 Å². The summed E-state index contributed by atoms with van der Waals surface area (Å²) in [6.07, 6.45) is 4.97. The Bertz CT molecular complexity index is 867. The zero-order chi connectivity index (χ0) is 16.4. The highest BCUT2D eigenvalue weighted by Crippen LogP contribution is 2.37. The van der Waals surface area contributed by atoms with Gasteiger partial charge in [0.2, 0.25) is 0 Å². The predicted octanol–water partition coefficient (Wildman–Crippen LogP) is 5.97. The second-order valence-corrected chi connectivity index (χ2v) is 7.46. The molecule has 1 atom stereocenters. The van der Waals surface area contributed by atoms with Gasteiger partial charge in [-0.05, 0) is 53.2 Å². The maximum absolute atomic E-state index is 13.6. The van der Waals surface area contributed by atoms with Crippen LogP contribution in [0.3, 0.4) is 0 Å². The molecule has 0 amide bonds. The molecule has 1 aromatic carbocycles. The van der Waals surface area contributed by atoms with Gasteiger partial charge in [0.25, 0.3) is 0 Å². The first-order valence-electron chi connectivity index (χ1n) is 7.67. The number of halogens is 1. The van der Waals surface area contributed by atoms with Crippen molar-refractivity contribution >= 4 is 40.1 Å². The van der Waals surface area contributed by atoms with Crippen LogP contribution >= 0.6 is 22.7 Å². The fourth-order valence-corrected chi connectivity index (χ4v) is 4.19. The Kier molecular flexibility index (Phi) is 4.28. The van der Waals surface area contributed by atoms with Gasteiger partial charge in [0.05, 0.1) is 17.4 Å². The summed E-state index contributed by atoms with van der Waals surface area (Å²) in [5.41, 5.74) is 1.79. The van der Waals surface area contributed by atoms with Gasteiger partial charge in [0.1, 0.15) is 5.82 Å². The summed E-state index contributed by atoms with van der Waals surface area (Å²) < 4.78 is 13.6. The van der Waals surface area contributed by atoms with Crippen molar-refractivity contribution in [3.63, 3.8) is 0 Å². The van der Waals surface area contributed by atoms with Crippen molar-refractivity contribution in [2.45, 2.75) is 12.5 Å². The Morgan fingerprint density at radius 2 is 1.92 bits per heavy atom. The summed E-state index contributed by atoms with van der Waals surface area (Å²) in [5.74, 6) is -0.241. The van der Waals surface area contributed by atoms with Crippen LogP contribution in [-0.4, -0.2) is 5.71 Å². The SMILES string of the molecule is Fc1cccc(N2N=C(/C=C/c3cccs3)CC2c2cccs2)c1. The summed E-state index contributed by atoms with van der Waals surface area (Å²) in [7, 11) is 0. The third kappa shape index (κ3) is 3.18. The molecule has 0 saturated heterocycles. The van der Waals surface area contributed by atoms with Crippen LogP contribution in [0, 0.1) is 5.82 Å². The van der Waals surface area contributed by atoms with E-state index in [1.807, 2.05) is 23.2 Å². The maximum atomic E-state index is 13.6. The van der Waals surface area contributed by atoms with Gasteiger partial charge in [-0.3, -0.25) is 5.01 Å². The molecule has 1 unspecified atom stereocenters. The van der Waals surface area contributed by atoms with Gasteiger partial charge in [-0.1, -0.05) is 18.2 Å². The first-order valence-corrected chi connectivity index (χ1v) is 9.43. The highest BCUT2D eigenvalue weighted by Gasteiger charge is 2.29. The van der Waals surface area contributed by atoms with Crippen LogP contribution in [0.25, 0.3) is 6.08 Å². The smallest absolute Gasteiger partial charge is 0.125 e. The van der Waals surface area contributed by atoms with Gasteiger partial charge in [-0.2, -0.15) is 5.10 Å². The van der Waals surface area contributed by atoms with Crippen molar-refractivity contribution in [1.29, 1.82) is 0 Å². The molecule has 5 heteroatoms. The molecule has 0 radical (unpaired) electrons. The summed E-state index contributed by atoms with van der Waals surface area (Å²) in [5, 5.41) is 10.8. The van der Waals surface area contributed by atoms with Crippen LogP contribution < -0.4 is 5.01 Å². The number of hydrazone groups is 1. The van der Waals surface area contributed by atoms with E-state index in [1.54, 1.807) is 28.7 Å². The molecule has 3 heterocycles. The lowest BCUT2D eigenvalue weighted by atomic mass is 10.1. The van der Waals surface area contributed by atoms with E-state index in [-0.39, 0.29) is 11.9 Å². The third-order valence-corrected chi connectivity index (χ3v) is 5.67. The topological polar surface area (TPSA) is 15.6 Å². The number of thiophene rings is 2. The first kappa shape index (κ1) is 15.3. The summed E-state index contributed by atoms with van der Waals surface area (Å²) >= 11 is 3.41. The lowest BCUT2D eigenvalue weighted by Gasteiger charge is -2.22. The number of rotatable bonds is 4. The highest BCUT2D eigenvalue weighted by atomic mass is 32.1. The van der Waals surface area contributed by atoms with Crippen molar-refractivity contribution < 1.29 is 4.39 Å². The molecule has 3 aromatic rings. The van der Waals surface area contributed by atoms with E-state index >= 15 is 0 Å². The Balaban J connectivity index is 1.66. The number of anilines is 1. The standard InChI is InChI=1S/C19H15FN2S2/c20-14-4-1-5-16(12-14)22-18(19-7-3-11-24-19)13-15(21-22)8-9-17-6-2-10-23-17/h1-12,18H,13H2/b9-8+. The van der Waals surface area contributed by atoms with Crippen LogP contribution in [0.4, 0.5) is 10.1 Å². The molecule has 1 aliphatic heterocycles. The van der Waals surface area contributed by atoms with E-state index in [0.717, 1.165) is 17.8 Å². The minimum absolute atomic E-state index is 0.120. The van der Waals surface area contributed by atoms with Gasteiger partial charge < -0.3 is 0 Å². The minimum Gasteiger partial charge on any atom is -0.256 e. The lowest BCUT2D eigenvalue weighted by molar-refractivity contribution is 0.624. The number of hydrogen-bond acceptors (Lipinski definition) is 4. The second kappa shape index (κ2) is 6.71. The molecule has 0 bridgehead atoms. The van der Waals surface area contributed by atoms with Crippen LogP contribution in [0.2, 0.25) is 0 Å². The van der Waals surface area contributed by atoms with Crippen molar-refractivity contribution in [2.75, 3.05) is 5.01 Å². The zero-order valence-electron chi connectivity index (χ0n) is 12.8. The number of benzene rings is 1. The van der Waals surface area contributed by atoms with Gasteiger partial charge in [-0.15, -0.1) is 22.7 Å². The summed E-state index contributed by atoms with van der Waals surface area (Å²) in [6.45, 7) is 0. The van der Waals surface area contributed by atoms with Crippen molar-refractivity contribution in [3.05, 3.63) is 80.9 Å². The van der Waals surface area contributed by atoms with E-state index in [4.69, 9.17) is 5.10 Å². The van der Waals surface area contributed by atoms with E-state index < -0.39 is 0 Å². The molecule has 2 nitrogen and oxygen atoms in total. The first-order chi connectivity index (χ1) is 11.8. The van der Waals surface area contributed by atoms with Crippen molar-refractivity contribution in [2.24, 2.45) is 5.10 Å². The van der Waals surface area contributed by atoms with Crippen LogP contribution in [-0.2, 0) is 0 Å². The van der Waals surface area contributed by atoms with Crippen LogP contribution in [0.1, 0.15) is 22.2 Å². The minimum atomic E-state index is -0.241. The molecule has 2 aromatic heterocycles. The second-order valence-electron chi connectivity index (χ2n) is 5.50. The van der Waals surface area contributed by atoms with Gasteiger partial charge in [-0.25, -0.2) is 4.39 Å². The van der Waals surface area contributed by atoms with Crippen molar-refractivity contribution in [1.82, 2.24) is 0 Å². The molecule has 0 fully saturated rings. The summed E-state index contributed by atoms with van der Waals surface area (Å²) in [4.78, 5) is 2.44. The number of hydrogen-bond donors (Lipinski definition) is 0. The van der Waals surface area contributed by atoms with Gasteiger partial charge in [0, 0.05) is 16.2 Å². The average Bonchev–Trinajstić information content (AvgIpc) is 3.33. The monoisotopic (exact) mass is 354 g/mol. The Morgan fingerprint density at radius 3 is 2.67 bits per heavy atom. The molecule has 24 heavy (non-hydrogen) atoms. The number of allylic oxidation sites excluding steroid dienone is 1. The third-order valence-electron chi connectivity index (χ3n) is 3.86. The summed E-state index contributed by atoms with van der Waals surface area (Å²) in [6, 6.07) is 15.0. The molecule has 4 rings (SSSR count). The van der Waals surface area contributed by atoms with E-state index in [2.05, 4.69) is 35.0 Å². The normalized spacial score (nSPS) is 17.6. The Hall–Kier alpha value is -2.24. The zero-order valence-corrected chi connectivity index (χ0v) is 14.4. The molecule has 120 valence electrons. The van der Waals surface area contributed by atoms with E-state index in [1.165, 1.54) is 21.9 Å². The van der Waals surface area contributed by atoms with Gasteiger partial charge >= 0.3 is 0 Å². The lowest BCUT2D eigenvalue weighted by Crippen LogP contribution is -2.17. The fourth-order valence-electron chi connectivity index (χ4n) is 2.76. The van der Waals surface area contributed by atoms with Gasteiger partial charge in [0.15, 0.2) is 0 Å². The predicted molar refractivity (Wildman–Crippen MR) is 101 cm³/mol. The average molecular weight is 354 g/mol. The molecule has 1 aliphatic rings. The molecule has 0 saturated carbocycles. The molecular formula is C19H15FN2S2.